The molecule has 0 bridgehead atoms. The minimum Gasteiger partial charge on any atom is -0.483 e. The molecular formula is C12H12N2O4. The Kier molecular flexibility index (Phi) is 5.19. The second-order valence-corrected chi connectivity index (χ2v) is 3.40. The molecule has 1 amide bonds. The van der Waals surface area contributed by atoms with Crippen molar-refractivity contribution in [2.75, 3.05) is 13.2 Å². The van der Waals surface area contributed by atoms with Crippen LogP contribution < -0.4 is 10.1 Å². The molecule has 1 aromatic carbocycles. The molecule has 0 unspecified atom stereocenters. The average molecular weight is 248 g/mol. The number of hydrogen-bond donors (Lipinski definition) is 2. The SMILES string of the molecule is N#CCNC(=O)COc1ccccc1CC(=O)O. The molecule has 6 nitrogen and oxygen atoms in total. The molecule has 0 aliphatic carbocycles. The molecule has 0 aromatic heterocycles. The monoisotopic (exact) mass is 248 g/mol. The third kappa shape index (κ3) is 4.53. The molecule has 6 heteroatoms. The Bertz CT molecular complexity index is 479. The lowest BCUT2D eigenvalue weighted by Crippen LogP contribution is -2.29. The topological polar surface area (TPSA) is 99.4 Å². The molecule has 0 heterocycles. The highest BCUT2D eigenvalue weighted by atomic mass is 16.5. The molecule has 0 aliphatic heterocycles. The lowest BCUT2D eigenvalue weighted by atomic mass is 10.1. The van der Waals surface area contributed by atoms with E-state index in [0.29, 0.717) is 11.3 Å². The van der Waals surface area contributed by atoms with Crippen LogP contribution in [-0.4, -0.2) is 30.1 Å². The quantitative estimate of drug-likeness (QED) is 0.707. The van der Waals surface area contributed by atoms with Crippen molar-refractivity contribution < 1.29 is 19.4 Å². The normalized spacial score (nSPS) is 9.28. The number of benzene rings is 1. The first kappa shape index (κ1) is 13.5. The Labute approximate surface area is 104 Å². The van der Waals surface area contributed by atoms with Crippen molar-refractivity contribution in [3.8, 4) is 11.8 Å². The number of hydrogen-bond acceptors (Lipinski definition) is 4. The number of ether oxygens (including phenoxy) is 1. The Balaban J connectivity index is 2.59. The van der Waals surface area contributed by atoms with E-state index in [1.165, 1.54) is 0 Å². The van der Waals surface area contributed by atoms with Gasteiger partial charge in [-0.15, -0.1) is 0 Å². The number of aliphatic carboxylic acids is 1. The van der Waals surface area contributed by atoms with Gasteiger partial charge in [-0.2, -0.15) is 5.26 Å². The lowest BCUT2D eigenvalue weighted by Gasteiger charge is -2.09. The molecule has 1 aromatic rings. The maximum Gasteiger partial charge on any atom is 0.307 e. The molecular weight excluding hydrogens is 236 g/mol. The van der Waals surface area contributed by atoms with Gasteiger partial charge in [-0.25, -0.2) is 0 Å². The number of nitrogens with one attached hydrogen (secondary N) is 1. The summed E-state index contributed by atoms with van der Waals surface area (Å²) in [5, 5.41) is 19.3. The van der Waals surface area contributed by atoms with Crippen LogP contribution in [0.1, 0.15) is 5.56 Å². The lowest BCUT2D eigenvalue weighted by molar-refractivity contribution is -0.136. The molecule has 0 spiro atoms. The van der Waals surface area contributed by atoms with Gasteiger partial charge < -0.3 is 15.2 Å². The summed E-state index contributed by atoms with van der Waals surface area (Å²) in [6.07, 6.45) is -0.171. The second-order valence-electron chi connectivity index (χ2n) is 3.40. The van der Waals surface area contributed by atoms with Gasteiger partial charge in [-0.05, 0) is 6.07 Å². The number of carboxylic acids is 1. The van der Waals surface area contributed by atoms with Crippen LogP contribution >= 0.6 is 0 Å². The molecule has 2 N–H and O–H groups in total. The molecule has 0 radical (unpaired) electrons. The standard InChI is InChI=1S/C12H12N2O4/c13-5-6-14-11(15)8-18-10-4-2-1-3-9(10)7-12(16)17/h1-4H,6-8H2,(H,14,15)(H,16,17). The highest BCUT2D eigenvalue weighted by molar-refractivity contribution is 5.78. The van der Waals surface area contributed by atoms with E-state index < -0.39 is 11.9 Å². The molecule has 94 valence electrons. The Hall–Kier alpha value is -2.55. The highest BCUT2D eigenvalue weighted by Crippen LogP contribution is 2.18. The third-order valence-electron chi connectivity index (χ3n) is 2.04. The summed E-state index contributed by atoms with van der Waals surface area (Å²) < 4.78 is 5.21. The summed E-state index contributed by atoms with van der Waals surface area (Å²) >= 11 is 0. The van der Waals surface area contributed by atoms with E-state index in [4.69, 9.17) is 15.1 Å². The predicted molar refractivity (Wildman–Crippen MR) is 61.9 cm³/mol. The number of para-hydroxylation sites is 1. The molecule has 0 saturated heterocycles. The first-order valence-electron chi connectivity index (χ1n) is 5.19. The largest absolute Gasteiger partial charge is 0.483 e. The fourth-order valence-corrected chi connectivity index (χ4v) is 1.29. The van der Waals surface area contributed by atoms with Gasteiger partial charge in [-0.3, -0.25) is 9.59 Å². The van der Waals surface area contributed by atoms with Gasteiger partial charge in [-0.1, -0.05) is 18.2 Å². The van der Waals surface area contributed by atoms with Gasteiger partial charge in [0, 0.05) is 5.56 Å². The van der Waals surface area contributed by atoms with Gasteiger partial charge in [0.25, 0.3) is 5.91 Å². The summed E-state index contributed by atoms with van der Waals surface area (Å²) in [5.41, 5.74) is 0.498. The third-order valence-corrected chi connectivity index (χ3v) is 2.04. The van der Waals surface area contributed by atoms with E-state index in [1.807, 2.05) is 0 Å². The number of nitrogens with zero attached hydrogens (tertiary/aromatic N) is 1. The van der Waals surface area contributed by atoms with Crippen molar-refractivity contribution in [3.05, 3.63) is 29.8 Å². The van der Waals surface area contributed by atoms with Gasteiger partial charge in [0.15, 0.2) is 6.61 Å². The van der Waals surface area contributed by atoms with Crippen LogP contribution in [0.15, 0.2) is 24.3 Å². The summed E-state index contributed by atoms with van der Waals surface area (Å²) in [7, 11) is 0. The van der Waals surface area contributed by atoms with Crippen LogP contribution in [0.2, 0.25) is 0 Å². The van der Waals surface area contributed by atoms with Crippen molar-refractivity contribution in [1.29, 1.82) is 5.26 Å². The maximum absolute atomic E-state index is 11.2. The zero-order chi connectivity index (χ0) is 13.4. The summed E-state index contributed by atoms with van der Waals surface area (Å²) in [5.74, 6) is -1.05. The molecule has 0 atom stereocenters. The average Bonchev–Trinajstić information content (AvgIpc) is 2.34. The fraction of sp³-hybridized carbons (Fsp3) is 0.250. The van der Waals surface area contributed by atoms with Gasteiger partial charge in [0.05, 0.1) is 12.5 Å². The number of carbonyl (C=O) groups excluding carboxylic acids is 1. The highest BCUT2D eigenvalue weighted by Gasteiger charge is 2.08. The van der Waals surface area contributed by atoms with Crippen LogP contribution in [0, 0.1) is 11.3 Å². The van der Waals surface area contributed by atoms with E-state index >= 15 is 0 Å². The van der Waals surface area contributed by atoms with Crippen LogP contribution in [0.5, 0.6) is 5.75 Å². The minimum atomic E-state index is -0.972. The molecule has 1 rings (SSSR count). The number of amides is 1. The summed E-state index contributed by atoms with van der Waals surface area (Å²) in [6.45, 7) is -0.336. The second kappa shape index (κ2) is 6.91. The zero-order valence-corrected chi connectivity index (χ0v) is 9.55. The number of carbonyl (C=O) groups is 2. The predicted octanol–water partition coefficient (Wildman–Crippen LogP) is 0.332. The van der Waals surface area contributed by atoms with Crippen molar-refractivity contribution in [2.24, 2.45) is 0 Å². The Morgan fingerprint density at radius 2 is 2.11 bits per heavy atom. The van der Waals surface area contributed by atoms with Gasteiger partial charge in [0.1, 0.15) is 12.3 Å². The summed E-state index contributed by atoms with van der Waals surface area (Å²) in [4.78, 5) is 21.8. The van der Waals surface area contributed by atoms with Gasteiger partial charge >= 0.3 is 5.97 Å². The van der Waals surface area contributed by atoms with E-state index in [1.54, 1.807) is 30.3 Å². The molecule has 0 aliphatic rings. The number of rotatable bonds is 6. The molecule has 0 fully saturated rings. The van der Waals surface area contributed by atoms with E-state index in [9.17, 15) is 9.59 Å². The van der Waals surface area contributed by atoms with Crippen LogP contribution in [-0.2, 0) is 16.0 Å². The van der Waals surface area contributed by atoms with E-state index in [0.717, 1.165) is 0 Å². The maximum atomic E-state index is 11.2. The van der Waals surface area contributed by atoms with Crippen LogP contribution in [0.25, 0.3) is 0 Å². The molecule has 18 heavy (non-hydrogen) atoms. The van der Waals surface area contributed by atoms with Crippen LogP contribution in [0.4, 0.5) is 0 Å². The van der Waals surface area contributed by atoms with Crippen molar-refractivity contribution >= 4 is 11.9 Å². The van der Waals surface area contributed by atoms with Crippen LogP contribution in [0.3, 0.4) is 0 Å². The first-order chi connectivity index (χ1) is 8.63. The fourth-order valence-electron chi connectivity index (χ4n) is 1.29. The zero-order valence-electron chi connectivity index (χ0n) is 9.55. The minimum absolute atomic E-state index is 0.0844. The number of nitriles is 1. The van der Waals surface area contributed by atoms with Crippen molar-refractivity contribution in [1.82, 2.24) is 5.32 Å². The van der Waals surface area contributed by atoms with Crippen molar-refractivity contribution in [2.45, 2.75) is 6.42 Å². The van der Waals surface area contributed by atoms with E-state index in [2.05, 4.69) is 5.32 Å². The van der Waals surface area contributed by atoms with Crippen molar-refractivity contribution in [3.63, 3.8) is 0 Å². The summed E-state index contributed by atoms with van der Waals surface area (Å²) in [6, 6.07) is 8.37. The van der Waals surface area contributed by atoms with Gasteiger partial charge in [0.2, 0.25) is 0 Å². The number of carboxylic acid groups (broad SMARTS) is 1. The first-order valence-corrected chi connectivity index (χ1v) is 5.19. The molecule has 0 saturated carbocycles. The Morgan fingerprint density at radius 1 is 1.39 bits per heavy atom. The van der Waals surface area contributed by atoms with E-state index in [-0.39, 0.29) is 19.6 Å². The smallest absolute Gasteiger partial charge is 0.307 e. The Morgan fingerprint density at radius 3 is 2.78 bits per heavy atom.